The molecular weight excluding hydrogens is 1030 g/mol. The first-order chi connectivity index (χ1) is 38.9. The van der Waals surface area contributed by atoms with E-state index in [2.05, 4.69) is 45.7 Å². The second-order valence-corrected chi connectivity index (χ2v) is 23.3. The van der Waals surface area contributed by atoms with Crippen molar-refractivity contribution in [3.63, 3.8) is 0 Å². The number of unbranched alkanes of at least 4 members (excludes halogenated alkanes) is 30. The van der Waals surface area contributed by atoms with Crippen LogP contribution in [-0.2, 0) is 47.8 Å². The summed E-state index contributed by atoms with van der Waals surface area (Å²) in [6.45, 7) is 13.8. The highest BCUT2D eigenvalue weighted by Gasteiger charge is 2.29. The standard InChI is InChI=1S/C63H118N6O12/c1-8-10-12-14-16-18-20-22-24-26-28-30-32-34-36-38-40-64-56(70)42-50(4)61(77)69-55(45-59(74)75)63(79)66-51(5)46-80-48-53(7)81-47-52(6)67-62(78)54(44-58(72)73)68-57(71)43-49(3)60(76)65-41-39-37-35-33-31-29-27-25-23-21-19-17-15-13-11-9-2/h49-55H,8-48H2,1-7H3,(H,64,70)(H,65,76)(H,66,79)(H,67,78)(H,68,71)(H,69,77)(H,72,73)(H,74,75). The number of hydrogen-bond donors (Lipinski definition) is 8. The molecule has 0 aliphatic rings. The van der Waals surface area contributed by atoms with Gasteiger partial charge in [-0.05, 0) is 33.6 Å². The lowest BCUT2D eigenvalue weighted by Crippen LogP contribution is -2.52. The maximum atomic E-state index is 13.1. The SMILES string of the molecule is CCCCCCCCCCCCCCCCCCNC(=O)CC(C)C(=O)NC(CC(=O)O)C(=O)NC(C)COCC(C)OCC(C)NC(=O)C(CC(=O)O)NC(=O)CC(C)C(=O)NCCCCCCCCCCCCCCCCCC. The predicted molar refractivity (Wildman–Crippen MR) is 322 cm³/mol. The highest BCUT2D eigenvalue weighted by molar-refractivity contribution is 5.93. The Hall–Kier alpha value is -4.32. The van der Waals surface area contributed by atoms with E-state index in [1.54, 1.807) is 34.6 Å². The van der Waals surface area contributed by atoms with E-state index in [0.717, 1.165) is 38.5 Å². The van der Waals surface area contributed by atoms with Crippen molar-refractivity contribution in [3.05, 3.63) is 0 Å². The zero-order chi connectivity index (χ0) is 60.3. The predicted octanol–water partition coefficient (Wildman–Crippen LogP) is 11.1. The zero-order valence-electron chi connectivity index (χ0n) is 52.0. The molecule has 0 saturated carbocycles. The fraction of sp³-hybridized carbons (Fsp3) is 0.873. The van der Waals surface area contributed by atoms with Crippen molar-refractivity contribution in [2.75, 3.05) is 32.9 Å². The van der Waals surface area contributed by atoms with Crippen LogP contribution >= 0.6 is 0 Å². The summed E-state index contributed by atoms with van der Waals surface area (Å²) in [4.78, 5) is 101. The largest absolute Gasteiger partial charge is 0.481 e. The van der Waals surface area contributed by atoms with E-state index in [0.29, 0.717) is 13.1 Å². The molecule has 0 saturated heterocycles. The number of carboxylic acid groups (broad SMARTS) is 2. The Kier molecular flexibility index (Phi) is 49.7. The van der Waals surface area contributed by atoms with Gasteiger partial charge < -0.3 is 51.6 Å². The van der Waals surface area contributed by atoms with Crippen molar-refractivity contribution in [2.45, 2.75) is 310 Å². The van der Waals surface area contributed by atoms with Crippen LogP contribution in [-0.4, -0.2) is 121 Å². The lowest BCUT2D eigenvalue weighted by Gasteiger charge is -2.23. The number of aliphatic carboxylic acids is 2. The second kappa shape index (κ2) is 52.5. The molecule has 0 fully saturated rings. The molecule has 0 heterocycles. The maximum Gasteiger partial charge on any atom is 0.305 e. The number of rotatable bonds is 57. The number of hydrogen-bond acceptors (Lipinski definition) is 10. The van der Waals surface area contributed by atoms with E-state index in [-0.39, 0.29) is 44.5 Å². The quantitative estimate of drug-likeness (QED) is 0.0264. The Labute approximate surface area is 490 Å². The fourth-order valence-electron chi connectivity index (χ4n) is 9.65. The molecule has 7 unspecified atom stereocenters. The van der Waals surface area contributed by atoms with E-state index >= 15 is 0 Å². The van der Waals surface area contributed by atoms with Crippen LogP contribution in [0.4, 0.5) is 0 Å². The number of ether oxygens (including phenoxy) is 2. The average molecular weight is 1150 g/mol. The van der Waals surface area contributed by atoms with Gasteiger partial charge in [0.25, 0.3) is 0 Å². The Bertz CT molecular complexity index is 1670. The first-order valence-corrected chi connectivity index (χ1v) is 32.3. The third kappa shape index (κ3) is 47.8. The minimum Gasteiger partial charge on any atom is -0.481 e. The van der Waals surface area contributed by atoms with Crippen molar-refractivity contribution in [3.8, 4) is 0 Å². The topological polar surface area (TPSA) is 268 Å². The molecule has 0 aromatic carbocycles. The monoisotopic (exact) mass is 1150 g/mol. The molecular formula is C63H118N6O12. The van der Waals surface area contributed by atoms with Crippen LogP contribution in [0.15, 0.2) is 0 Å². The van der Waals surface area contributed by atoms with E-state index in [9.17, 15) is 48.6 Å². The summed E-state index contributed by atoms with van der Waals surface area (Å²) in [6, 6.07) is -3.94. The summed E-state index contributed by atoms with van der Waals surface area (Å²) in [7, 11) is 0. The van der Waals surface area contributed by atoms with Gasteiger partial charge in [-0.3, -0.25) is 38.4 Å². The Morgan fingerprint density at radius 3 is 1.07 bits per heavy atom. The summed E-state index contributed by atoms with van der Waals surface area (Å²) in [5, 5.41) is 35.0. The van der Waals surface area contributed by atoms with Gasteiger partial charge in [0.2, 0.25) is 35.4 Å². The second-order valence-electron chi connectivity index (χ2n) is 23.3. The molecule has 81 heavy (non-hydrogen) atoms. The van der Waals surface area contributed by atoms with Gasteiger partial charge in [0, 0.05) is 49.9 Å². The van der Waals surface area contributed by atoms with Gasteiger partial charge in [-0.2, -0.15) is 0 Å². The van der Waals surface area contributed by atoms with Crippen molar-refractivity contribution in [2.24, 2.45) is 11.8 Å². The molecule has 0 radical (unpaired) electrons. The minimum absolute atomic E-state index is 0.0170. The molecule has 0 aliphatic heterocycles. The van der Waals surface area contributed by atoms with Gasteiger partial charge in [-0.1, -0.05) is 220 Å². The third-order valence-corrected chi connectivity index (χ3v) is 14.7. The summed E-state index contributed by atoms with van der Waals surface area (Å²) < 4.78 is 11.5. The number of amides is 6. The molecule has 0 aromatic rings. The van der Waals surface area contributed by atoms with Crippen LogP contribution in [0.2, 0.25) is 0 Å². The van der Waals surface area contributed by atoms with Crippen LogP contribution in [0.3, 0.4) is 0 Å². The van der Waals surface area contributed by atoms with Crippen LogP contribution in [0.25, 0.3) is 0 Å². The minimum atomic E-state index is -1.38. The van der Waals surface area contributed by atoms with Crippen molar-refractivity contribution in [1.29, 1.82) is 0 Å². The van der Waals surface area contributed by atoms with Crippen LogP contribution in [0.5, 0.6) is 0 Å². The van der Waals surface area contributed by atoms with Crippen LogP contribution in [0.1, 0.15) is 280 Å². The fourth-order valence-corrected chi connectivity index (χ4v) is 9.65. The van der Waals surface area contributed by atoms with Gasteiger partial charge in [0.1, 0.15) is 12.1 Å². The van der Waals surface area contributed by atoms with Gasteiger partial charge in [0.05, 0.1) is 38.8 Å². The molecule has 7 atom stereocenters. The van der Waals surface area contributed by atoms with Crippen molar-refractivity contribution in [1.82, 2.24) is 31.9 Å². The summed E-state index contributed by atoms with van der Waals surface area (Å²) >= 11 is 0. The lowest BCUT2D eigenvalue weighted by atomic mass is 10.0. The van der Waals surface area contributed by atoms with Gasteiger partial charge in [-0.25, -0.2) is 0 Å². The molecule has 0 spiro atoms. The molecule has 8 N–H and O–H groups in total. The van der Waals surface area contributed by atoms with E-state index in [4.69, 9.17) is 9.47 Å². The maximum absolute atomic E-state index is 13.1. The first kappa shape index (κ1) is 76.7. The third-order valence-electron chi connectivity index (χ3n) is 14.7. The number of carboxylic acids is 2. The summed E-state index contributed by atoms with van der Waals surface area (Å²) in [5.41, 5.74) is 0. The molecule has 0 aliphatic carbocycles. The van der Waals surface area contributed by atoms with E-state index in [1.807, 2.05) is 0 Å². The highest BCUT2D eigenvalue weighted by atomic mass is 16.5. The molecule has 472 valence electrons. The van der Waals surface area contributed by atoms with Crippen molar-refractivity contribution >= 4 is 47.4 Å². The van der Waals surface area contributed by atoms with Gasteiger partial charge in [0.15, 0.2) is 0 Å². The Morgan fingerprint density at radius 2 is 0.679 bits per heavy atom. The van der Waals surface area contributed by atoms with Gasteiger partial charge >= 0.3 is 11.9 Å². The van der Waals surface area contributed by atoms with E-state index in [1.165, 1.54) is 167 Å². The number of nitrogens with one attached hydrogen (secondary N) is 6. The molecule has 6 amide bonds. The smallest absolute Gasteiger partial charge is 0.305 e. The summed E-state index contributed by atoms with van der Waals surface area (Å²) in [5.74, 6) is -7.29. The zero-order valence-corrected chi connectivity index (χ0v) is 52.0. The Balaban J connectivity index is 4.46. The van der Waals surface area contributed by atoms with Gasteiger partial charge in [-0.15, -0.1) is 0 Å². The number of carbonyl (C=O) groups is 8. The molecule has 0 rings (SSSR count). The average Bonchev–Trinajstić information content (AvgIpc) is 3.41. The lowest BCUT2D eigenvalue weighted by molar-refractivity contribution is -0.141. The molecule has 18 nitrogen and oxygen atoms in total. The highest BCUT2D eigenvalue weighted by Crippen LogP contribution is 2.16. The summed E-state index contributed by atoms with van der Waals surface area (Å²) in [6.07, 6.45) is 38.2. The van der Waals surface area contributed by atoms with Crippen LogP contribution < -0.4 is 31.9 Å². The van der Waals surface area contributed by atoms with Crippen LogP contribution in [0, 0.1) is 11.8 Å². The molecule has 0 bridgehead atoms. The molecule has 18 heteroatoms. The first-order valence-electron chi connectivity index (χ1n) is 32.3. The Morgan fingerprint density at radius 1 is 0.346 bits per heavy atom. The van der Waals surface area contributed by atoms with E-state index < -0.39 is 90.5 Å². The normalized spacial score (nSPS) is 13.9. The number of carbonyl (C=O) groups excluding carboxylic acids is 6. The molecule has 0 aromatic heterocycles. The van der Waals surface area contributed by atoms with Crippen molar-refractivity contribution < 1.29 is 58.0 Å².